The van der Waals surface area contributed by atoms with Crippen molar-refractivity contribution in [1.82, 2.24) is 4.98 Å². The molecule has 116 valence electrons. The molecule has 0 saturated heterocycles. The number of methoxy groups -OCH3 is 1. The predicted octanol–water partition coefficient (Wildman–Crippen LogP) is 1.96. The van der Waals surface area contributed by atoms with Crippen molar-refractivity contribution in [3.05, 3.63) is 24.4 Å². The van der Waals surface area contributed by atoms with Crippen LogP contribution < -0.4 is 15.2 Å². The minimum Gasteiger partial charge on any atom is -0.507 e. The Morgan fingerprint density at radius 2 is 2.18 bits per heavy atom. The van der Waals surface area contributed by atoms with Gasteiger partial charge >= 0.3 is 6.09 Å². The number of hydrogen-bond acceptors (Lipinski definition) is 6. The van der Waals surface area contributed by atoms with Crippen LogP contribution in [-0.4, -0.2) is 35.5 Å². The Hall–Kier alpha value is -2.70. The molecule has 0 unspecified atom stereocenters. The van der Waals surface area contributed by atoms with Crippen molar-refractivity contribution in [3.63, 3.8) is 0 Å². The smallest absolute Gasteiger partial charge is 0.405 e. The molecule has 7 heteroatoms. The summed E-state index contributed by atoms with van der Waals surface area (Å²) in [5, 5.41) is 10.4. The van der Waals surface area contributed by atoms with E-state index in [0.29, 0.717) is 35.2 Å². The number of pyridine rings is 1. The molecule has 3 rings (SSSR count). The number of amides is 1. The van der Waals surface area contributed by atoms with Gasteiger partial charge in [0, 0.05) is 17.6 Å². The molecule has 22 heavy (non-hydrogen) atoms. The molecule has 1 heterocycles. The number of rotatable bonds is 5. The second-order valence-corrected chi connectivity index (χ2v) is 5.24. The molecular formula is C15H16N2O5. The van der Waals surface area contributed by atoms with E-state index in [-0.39, 0.29) is 12.4 Å². The summed E-state index contributed by atoms with van der Waals surface area (Å²) >= 11 is 0. The SMILES string of the molecule is COc1cc2c(O)ccnc2cc1OCC1(OC(N)=O)CC1. The molecule has 0 radical (unpaired) electrons. The van der Waals surface area contributed by atoms with Gasteiger partial charge in [0.1, 0.15) is 18.0 Å². The first-order valence-electron chi connectivity index (χ1n) is 6.80. The van der Waals surface area contributed by atoms with Gasteiger partial charge < -0.3 is 25.1 Å². The Bertz CT molecular complexity index is 727. The zero-order valence-electron chi connectivity index (χ0n) is 12.0. The van der Waals surface area contributed by atoms with Gasteiger partial charge in [-0.25, -0.2) is 4.79 Å². The third kappa shape index (κ3) is 2.69. The van der Waals surface area contributed by atoms with E-state index >= 15 is 0 Å². The number of carbonyl (C=O) groups is 1. The molecule has 1 fully saturated rings. The van der Waals surface area contributed by atoms with Crippen LogP contribution in [0.15, 0.2) is 24.4 Å². The number of nitrogens with zero attached hydrogens (tertiary/aromatic N) is 1. The summed E-state index contributed by atoms with van der Waals surface area (Å²) in [5.74, 6) is 1.05. The van der Waals surface area contributed by atoms with Crippen LogP contribution in [0.1, 0.15) is 12.8 Å². The molecule has 1 aromatic carbocycles. The predicted molar refractivity (Wildman–Crippen MR) is 78.1 cm³/mol. The van der Waals surface area contributed by atoms with Crippen molar-refractivity contribution in [2.45, 2.75) is 18.4 Å². The number of nitrogens with two attached hydrogens (primary N) is 1. The van der Waals surface area contributed by atoms with Crippen molar-refractivity contribution in [1.29, 1.82) is 0 Å². The van der Waals surface area contributed by atoms with Crippen molar-refractivity contribution >= 4 is 17.0 Å². The summed E-state index contributed by atoms with van der Waals surface area (Å²) in [6, 6.07) is 4.83. The quantitative estimate of drug-likeness (QED) is 0.875. The molecule has 1 aromatic heterocycles. The van der Waals surface area contributed by atoms with Crippen molar-refractivity contribution in [3.8, 4) is 17.2 Å². The summed E-state index contributed by atoms with van der Waals surface area (Å²) < 4.78 is 16.1. The molecular weight excluding hydrogens is 288 g/mol. The lowest BCUT2D eigenvalue weighted by atomic mass is 10.2. The zero-order valence-corrected chi connectivity index (χ0v) is 12.0. The van der Waals surface area contributed by atoms with Crippen LogP contribution >= 0.6 is 0 Å². The molecule has 1 amide bonds. The van der Waals surface area contributed by atoms with Gasteiger partial charge in [-0.05, 0) is 25.0 Å². The Morgan fingerprint density at radius 3 is 2.82 bits per heavy atom. The Kier molecular flexibility index (Phi) is 3.40. The van der Waals surface area contributed by atoms with Crippen LogP contribution in [0.3, 0.4) is 0 Å². The van der Waals surface area contributed by atoms with Gasteiger partial charge in [0.25, 0.3) is 0 Å². The summed E-state index contributed by atoms with van der Waals surface area (Å²) in [4.78, 5) is 15.1. The highest BCUT2D eigenvalue weighted by molar-refractivity contribution is 5.87. The highest BCUT2D eigenvalue weighted by Crippen LogP contribution is 2.41. The highest BCUT2D eigenvalue weighted by atomic mass is 16.6. The minimum atomic E-state index is -0.807. The number of aromatic hydroxyl groups is 1. The maximum atomic E-state index is 10.9. The van der Waals surface area contributed by atoms with E-state index in [1.165, 1.54) is 19.4 Å². The molecule has 0 atom stereocenters. The van der Waals surface area contributed by atoms with Crippen LogP contribution in [0.2, 0.25) is 0 Å². The maximum absolute atomic E-state index is 10.9. The number of aromatic nitrogens is 1. The zero-order chi connectivity index (χ0) is 15.7. The van der Waals surface area contributed by atoms with Gasteiger partial charge in [0.2, 0.25) is 0 Å². The van der Waals surface area contributed by atoms with E-state index < -0.39 is 11.7 Å². The number of fused-ring (bicyclic) bond motifs is 1. The average Bonchev–Trinajstić information content (AvgIpc) is 3.24. The Labute approximate surface area is 126 Å². The summed E-state index contributed by atoms with van der Waals surface area (Å²) in [6.45, 7) is 0.191. The topological polar surface area (TPSA) is 104 Å². The number of ether oxygens (including phenoxy) is 3. The van der Waals surface area contributed by atoms with Crippen LogP contribution in [-0.2, 0) is 4.74 Å². The van der Waals surface area contributed by atoms with Gasteiger partial charge in [-0.2, -0.15) is 0 Å². The second kappa shape index (κ2) is 5.25. The highest BCUT2D eigenvalue weighted by Gasteiger charge is 2.48. The molecule has 1 saturated carbocycles. The lowest BCUT2D eigenvalue weighted by molar-refractivity contribution is 0.0538. The summed E-state index contributed by atoms with van der Waals surface area (Å²) in [6.07, 6.45) is 2.13. The maximum Gasteiger partial charge on any atom is 0.405 e. The lowest BCUT2D eigenvalue weighted by Gasteiger charge is -2.17. The van der Waals surface area contributed by atoms with E-state index in [4.69, 9.17) is 19.9 Å². The number of carbonyl (C=O) groups excluding carboxylic acids is 1. The van der Waals surface area contributed by atoms with E-state index in [1.807, 2.05) is 0 Å². The Balaban J connectivity index is 1.85. The fourth-order valence-electron chi connectivity index (χ4n) is 2.25. The van der Waals surface area contributed by atoms with Crippen LogP contribution in [0.4, 0.5) is 4.79 Å². The van der Waals surface area contributed by atoms with E-state index in [1.54, 1.807) is 12.1 Å². The molecule has 1 aliphatic carbocycles. The summed E-state index contributed by atoms with van der Waals surface area (Å²) in [5.41, 5.74) is 4.99. The Morgan fingerprint density at radius 1 is 1.41 bits per heavy atom. The number of primary amides is 1. The van der Waals surface area contributed by atoms with Gasteiger partial charge in [-0.1, -0.05) is 0 Å². The molecule has 3 N–H and O–H groups in total. The number of benzene rings is 1. The first-order valence-corrected chi connectivity index (χ1v) is 6.80. The fourth-order valence-corrected chi connectivity index (χ4v) is 2.25. The standard InChI is InChI=1S/C15H16N2O5/c1-20-12-6-9-10(17-5-2-11(9)18)7-13(12)21-8-15(3-4-15)22-14(16)19/h2,5-7H,3-4,8H2,1H3,(H2,16,19)(H,17,18). The lowest BCUT2D eigenvalue weighted by Crippen LogP contribution is -2.29. The van der Waals surface area contributed by atoms with Gasteiger partial charge in [-0.15, -0.1) is 0 Å². The van der Waals surface area contributed by atoms with Gasteiger partial charge in [0.15, 0.2) is 11.5 Å². The fraction of sp³-hybridized carbons (Fsp3) is 0.333. The van der Waals surface area contributed by atoms with Crippen molar-refractivity contribution in [2.24, 2.45) is 5.73 Å². The van der Waals surface area contributed by atoms with Crippen LogP contribution in [0, 0.1) is 0 Å². The van der Waals surface area contributed by atoms with E-state index in [2.05, 4.69) is 4.98 Å². The molecule has 0 aliphatic heterocycles. The molecule has 7 nitrogen and oxygen atoms in total. The van der Waals surface area contributed by atoms with Gasteiger partial charge in [0.05, 0.1) is 12.6 Å². The minimum absolute atomic E-state index is 0.116. The van der Waals surface area contributed by atoms with E-state index in [9.17, 15) is 9.90 Å². The van der Waals surface area contributed by atoms with Crippen molar-refractivity contribution in [2.75, 3.05) is 13.7 Å². The summed E-state index contributed by atoms with van der Waals surface area (Å²) in [7, 11) is 1.51. The monoisotopic (exact) mass is 304 g/mol. The third-order valence-electron chi connectivity index (χ3n) is 3.62. The average molecular weight is 304 g/mol. The van der Waals surface area contributed by atoms with E-state index in [0.717, 1.165) is 0 Å². The second-order valence-electron chi connectivity index (χ2n) is 5.24. The molecule has 0 bridgehead atoms. The molecule has 2 aromatic rings. The third-order valence-corrected chi connectivity index (χ3v) is 3.62. The van der Waals surface area contributed by atoms with Gasteiger partial charge in [-0.3, -0.25) is 4.98 Å². The first-order chi connectivity index (χ1) is 10.5. The number of hydrogen-bond donors (Lipinski definition) is 2. The molecule has 1 aliphatic rings. The largest absolute Gasteiger partial charge is 0.507 e. The van der Waals surface area contributed by atoms with Crippen LogP contribution in [0.5, 0.6) is 17.2 Å². The normalized spacial score (nSPS) is 15.3. The molecule has 0 spiro atoms. The van der Waals surface area contributed by atoms with Crippen LogP contribution in [0.25, 0.3) is 10.9 Å². The van der Waals surface area contributed by atoms with Crippen molar-refractivity contribution < 1.29 is 24.1 Å². The first kappa shape index (κ1) is 14.2.